The Balaban J connectivity index is 0. The molecule has 1 rings (SSSR count). The molecule has 0 fully saturated rings. The molecule has 1 aromatic heterocycles. The van der Waals surface area contributed by atoms with Crippen molar-refractivity contribution in [1.82, 2.24) is 10.3 Å². The zero-order valence-electron chi connectivity index (χ0n) is 11.3. The first-order chi connectivity index (χ1) is 8.52. The Morgan fingerprint density at radius 2 is 2.15 bits per heavy atom. The van der Waals surface area contributed by atoms with Crippen LogP contribution in [0.2, 0.25) is 5.02 Å². The molecule has 1 heterocycles. The molecule has 116 valence electrons. The lowest BCUT2D eigenvalue weighted by molar-refractivity contribution is -0.125. The van der Waals surface area contributed by atoms with Gasteiger partial charge >= 0.3 is 0 Å². The van der Waals surface area contributed by atoms with Gasteiger partial charge in [-0.2, -0.15) is 0 Å². The van der Waals surface area contributed by atoms with E-state index >= 15 is 0 Å². The first kappa shape index (κ1) is 21.5. The topological polar surface area (TPSA) is 77.2 Å². The minimum Gasteiger partial charge on any atom is -0.475 e. The van der Waals surface area contributed by atoms with Gasteiger partial charge in [0.05, 0.1) is 6.54 Å². The van der Waals surface area contributed by atoms with Crippen LogP contribution in [0.5, 0.6) is 5.88 Å². The number of amides is 1. The number of hydrogen-bond donors (Lipinski definition) is 2. The van der Waals surface area contributed by atoms with Crippen molar-refractivity contribution < 1.29 is 9.53 Å². The van der Waals surface area contributed by atoms with Crippen molar-refractivity contribution in [3.05, 3.63) is 23.4 Å². The lowest BCUT2D eigenvalue weighted by Crippen LogP contribution is -2.40. The van der Waals surface area contributed by atoms with Crippen LogP contribution in [0.15, 0.2) is 18.3 Å². The molecular weight excluding hydrogens is 325 g/mol. The Morgan fingerprint density at radius 3 is 2.70 bits per heavy atom. The molecule has 0 aliphatic heterocycles. The van der Waals surface area contributed by atoms with Gasteiger partial charge in [0, 0.05) is 18.2 Å². The van der Waals surface area contributed by atoms with Crippen LogP contribution in [0.25, 0.3) is 0 Å². The van der Waals surface area contributed by atoms with Gasteiger partial charge in [-0.15, -0.1) is 24.8 Å². The molecule has 20 heavy (non-hydrogen) atoms. The molecule has 8 heteroatoms. The number of nitrogens with one attached hydrogen (secondary N) is 1. The summed E-state index contributed by atoms with van der Waals surface area (Å²) >= 11 is 5.87. The first-order valence-corrected chi connectivity index (χ1v) is 6.16. The fourth-order valence-corrected chi connectivity index (χ4v) is 1.38. The van der Waals surface area contributed by atoms with Crippen molar-refractivity contribution in [1.29, 1.82) is 0 Å². The Bertz CT molecular complexity index is 405. The highest BCUT2D eigenvalue weighted by molar-refractivity contribution is 6.31. The molecule has 1 amide bonds. The monoisotopic (exact) mass is 343 g/mol. The highest BCUT2D eigenvalue weighted by Gasteiger charge is 2.16. The number of ether oxygens (including phenoxy) is 1. The predicted octanol–water partition coefficient (Wildman–Crippen LogP) is 2.06. The first-order valence-electron chi connectivity index (χ1n) is 5.79. The Kier molecular flexibility index (Phi) is 11.8. The second-order valence-corrected chi connectivity index (χ2v) is 4.48. The second kappa shape index (κ2) is 11.0. The van der Waals surface area contributed by atoms with Crippen LogP contribution in [0.3, 0.4) is 0 Å². The van der Waals surface area contributed by atoms with Crippen LogP contribution in [0, 0.1) is 5.92 Å². The lowest BCUT2D eigenvalue weighted by atomic mass is 10.0. The number of nitrogens with two attached hydrogens (primary N) is 1. The number of halogens is 3. The summed E-state index contributed by atoms with van der Waals surface area (Å²) in [5.41, 5.74) is 5.63. The minimum atomic E-state index is -0.219. The van der Waals surface area contributed by atoms with Crippen LogP contribution in [0.4, 0.5) is 0 Å². The van der Waals surface area contributed by atoms with Crippen LogP contribution in [0.1, 0.15) is 13.8 Å². The molecular formula is C12H20Cl3N3O2. The van der Waals surface area contributed by atoms with E-state index in [1.54, 1.807) is 32.2 Å². The number of rotatable bonds is 6. The molecule has 0 aliphatic carbocycles. The van der Waals surface area contributed by atoms with E-state index in [0.717, 1.165) is 0 Å². The van der Waals surface area contributed by atoms with Crippen molar-refractivity contribution in [2.75, 3.05) is 13.2 Å². The number of hydrogen-bond acceptors (Lipinski definition) is 4. The average molecular weight is 345 g/mol. The smallest absolute Gasteiger partial charge is 0.232 e. The molecule has 1 aromatic rings. The molecule has 0 aromatic carbocycles. The molecule has 0 aliphatic rings. The summed E-state index contributed by atoms with van der Waals surface area (Å²) in [6, 6.07) is 3.25. The zero-order valence-corrected chi connectivity index (χ0v) is 13.7. The quantitative estimate of drug-likeness (QED) is 0.774. The van der Waals surface area contributed by atoms with E-state index in [-0.39, 0.29) is 42.7 Å². The highest BCUT2D eigenvalue weighted by Crippen LogP contribution is 2.19. The van der Waals surface area contributed by atoms with Gasteiger partial charge in [-0.25, -0.2) is 4.98 Å². The maximum absolute atomic E-state index is 11.6. The predicted molar refractivity (Wildman–Crippen MR) is 85.1 cm³/mol. The summed E-state index contributed by atoms with van der Waals surface area (Å²) in [4.78, 5) is 15.5. The zero-order chi connectivity index (χ0) is 13.5. The van der Waals surface area contributed by atoms with Crippen LogP contribution in [-0.2, 0) is 4.79 Å². The number of pyridine rings is 1. The summed E-state index contributed by atoms with van der Waals surface area (Å²) in [5.74, 6) is 0.0674. The number of carbonyl (C=O) groups is 1. The Labute approximate surface area is 136 Å². The average Bonchev–Trinajstić information content (AvgIpc) is 2.35. The van der Waals surface area contributed by atoms with Crippen molar-refractivity contribution in [2.24, 2.45) is 11.7 Å². The van der Waals surface area contributed by atoms with E-state index in [4.69, 9.17) is 22.1 Å². The third-order valence-electron chi connectivity index (χ3n) is 2.57. The van der Waals surface area contributed by atoms with E-state index < -0.39 is 0 Å². The van der Waals surface area contributed by atoms with Crippen molar-refractivity contribution in [3.63, 3.8) is 0 Å². The van der Waals surface area contributed by atoms with Gasteiger partial charge in [-0.1, -0.05) is 18.5 Å². The largest absolute Gasteiger partial charge is 0.475 e. The molecule has 0 saturated heterocycles. The van der Waals surface area contributed by atoms with Gasteiger partial charge in [-0.05, 0) is 19.1 Å². The van der Waals surface area contributed by atoms with Crippen LogP contribution in [-0.4, -0.2) is 30.1 Å². The molecule has 0 radical (unpaired) electrons. The minimum absolute atomic E-state index is 0. The summed E-state index contributed by atoms with van der Waals surface area (Å²) < 4.78 is 5.34. The van der Waals surface area contributed by atoms with Crippen LogP contribution < -0.4 is 15.8 Å². The van der Waals surface area contributed by atoms with E-state index in [9.17, 15) is 4.79 Å². The molecule has 2 unspecified atom stereocenters. The number of carbonyl (C=O) groups excluding carboxylic acids is 1. The summed E-state index contributed by atoms with van der Waals surface area (Å²) in [5, 5.41) is 3.19. The van der Waals surface area contributed by atoms with Crippen LogP contribution >= 0.6 is 36.4 Å². The van der Waals surface area contributed by atoms with E-state index in [2.05, 4.69) is 10.3 Å². The highest BCUT2D eigenvalue weighted by atomic mass is 35.5. The summed E-state index contributed by atoms with van der Waals surface area (Å²) in [6.45, 7) is 4.29. The molecule has 3 N–H and O–H groups in total. The molecule has 0 bridgehead atoms. The van der Waals surface area contributed by atoms with E-state index in [1.165, 1.54) is 0 Å². The summed E-state index contributed by atoms with van der Waals surface area (Å²) in [7, 11) is 0. The maximum Gasteiger partial charge on any atom is 0.232 e. The van der Waals surface area contributed by atoms with Crippen molar-refractivity contribution in [2.45, 2.75) is 19.9 Å². The van der Waals surface area contributed by atoms with Gasteiger partial charge in [0.2, 0.25) is 11.8 Å². The Hall–Kier alpha value is -0.750. The third-order valence-corrected chi connectivity index (χ3v) is 2.85. The Morgan fingerprint density at radius 1 is 1.50 bits per heavy atom. The van der Waals surface area contributed by atoms with Gasteiger partial charge in [0.25, 0.3) is 0 Å². The van der Waals surface area contributed by atoms with Gasteiger partial charge in [-0.3, -0.25) is 4.79 Å². The molecule has 0 saturated carbocycles. The molecule has 2 atom stereocenters. The van der Waals surface area contributed by atoms with Gasteiger partial charge in [0.1, 0.15) is 11.6 Å². The standard InChI is InChI=1S/C12H18ClN3O2.2ClH/c1-8(9(2)14)11(17)15-6-7-18-12-10(13)4-3-5-16-12;;/h3-5,8-9H,6-7,14H2,1-2H3,(H,15,17);2*1H. The van der Waals surface area contributed by atoms with Gasteiger partial charge < -0.3 is 15.8 Å². The fourth-order valence-electron chi connectivity index (χ4n) is 1.20. The second-order valence-electron chi connectivity index (χ2n) is 4.08. The van der Waals surface area contributed by atoms with E-state index in [1.807, 2.05) is 0 Å². The maximum atomic E-state index is 11.6. The normalized spacial score (nSPS) is 12.4. The lowest BCUT2D eigenvalue weighted by Gasteiger charge is -2.15. The van der Waals surface area contributed by atoms with Crippen molar-refractivity contribution >= 4 is 42.3 Å². The number of nitrogens with zero attached hydrogens (tertiary/aromatic N) is 1. The van der Waals surface area contributed by atoms with Crippen molar-refractivity contribution in [3.8, 4) is 5.88 Å². The third kappa shape index (κ3) is 7.14. The van der Waals surface area contributed by atoms with E-state index in [0.29, 0.717) is 24.1 Å². The number of aromatic nitrogens is 1. The SMILES string of the molecule is CC(N)C(C)C(=O)NCCOc1ncccc1Cl.Cl.Cl. The fraction of sp³-hybridized carbons (Fsp3) is 0.500. The molecule has 0 spiro atoms. The summed E-state index contributed by atoms with van der Waals surface area (Å²) in [6.07, 6.45) is 1.60. The molecule has 5 nitrogen and oxygen atoms in total. The van der Waals surface area contributed by atoms with Gasteiger partial charge in [0.15, 0.2) is 0 Å².